The van der Waals surface area contributed by atoms with Crippen molar-refractivity contribution in [2.45, 2.75) is 12.5 Å². The molecule has 0 aromatic heterocycles. The molecule has 1 amide bonds. The normalized spacial score (nSPS) is 11.7. The number of nitro benzene ring substituents is 1. The zero-order valence-electron chi connectivity index (χ0n) is 10.1. The van der Waals surface area contributed by atoms with Gasteiger partial charge in [0.05, 0.1) is 9.40 Å². The Kier molecular flexibility index (Phi) is 5.59. The Morgan fingerprint density at radius 1 is 1.45 bits per heavy atom. The Bertz CT molecular complexity index is 548. The average molecular weight is 347 g/mol. The van der Waals surface area contributed by atoms with Crippen molar-refractivity contribution in [1.82, 2.24) is 5.32 Å². The van der Waals surface area contributed by atoms with Crippen LogP contribution in [-0.2, 0) is 4.79 Å². The molecule has 9 heteroatoms. The highest BCUT2D eigenvalue weighted by Gasteiger charge is 2.17. The van der Waals surface area contributed by atoms with Crippen molar-refractivity contribution < 1.29 is 24.7 Å². The van der Waals surface area contributed by atoms with Gasteiger partial charge in [-0.15, -0.1) is 0 Å². The maximum absolute atomic E-state index is 11.7. The first-order valence-electron chi connectivity index (χ1n) is 5.46. The summed E-state index contributed by atoms with van der Waals surface area (Å²) in [5.74, 6) is -1.96. The highest BCUT2D eigenvalue weighted by atomic mass is 79.9. The van der Waals surface area contributed by atoms with Gasteiger partial charge in [0.2, 0.25) is 0 Å². The molecule has 108 valence electrons. The first kappa shape index (κ1) is 16.1. The van der Waals surface area contributed by atoms with E-state index < -0.39 is 22.9 Å². The number of carboxylic acids is 1. The van der Waals surface area contributed by atoms with Gasteiger partial charge in [-0.2, -0.15) is 0 Å². The largest absolute Gasteiger partial charge is 0.479 e. The number of aliphatic hydroxyl groups excluding tert-OH is 1. The third kappa shape index (κ3) is 4.28. The third-order valence-corrected chi connectivity index (χ3v) is 3.06. The van der Waals surface area contributed by atoms with Crippen LogP contribution in [0.3, 0.4) is 0 Å². The van der Waals surface area contributed by atoms with Crippen molar-refractivity contribution in [2.24, 2.45) is 0 Å². The minimum atomic E-state index is -1.56. The fourth-order valence-corrected chi connectivity index (χ4v) is 1.73. The highest BCUT2D eigenvalue weighted by Crippen LogP contribution is 2.25. The van der Waals surface area contributed by atoms with E-state index >= 15 is 0 Å². The van der Waals surface area contributed by atoms with Gasteiger partial charge in [0, 0.05) is 24.6 Å². The van der Waals surface area contributed by atoms with Gasteiger partial charge in [0.15, 0.2) is 6.10 Å². The lowest BCUT2D eigenvalue weighted by molar-refractivity contribution is -0.385. The van der Waals surface area contributed by atoms with Gasteiger partial charge >= 0.3 is 5.97 Å². The van der Waals surface area contributed by atoms with Gasteiger partial charge in [0.1, 0.15) is 0 Å². The number of hydrogen-bond donors (Lipinski definition) is 3. The number of aliphatic carboxylic acids is 1. The molecule has 0 saturated heterocycles. The predicted molar refractivity (Wildman–Crippen MR) is 71.4 cm³/mol. The first-order valence-corrected chi connectivity index (χ1v) is 6.25. The molecule has 1 aromatic carbocycles. The van der Waals surface area contributed by atoms with Crippen LogP contribution in [0, 0.1) is 10.1 Å². The molecule has 8 nitrogen and oxygen atoms in total. The van der Waals surface area contributed by atoms with E-state index in [1.807, 2.05) is 0 Å². The minimum absolute atomic E-state index is 0.0594. The van der Waals surface area contributed by atoms with Gasteiger partial charge in [-0.25, -0.2) is 4.79 Å². The predicted octanol–water partition coefficient (Wildman–Crippen LogP) is 0.923. The molecule has 20 heavy (non-hydrogen) atoms. The number of carbonyl (C=O) groups is 2. The van der Waals surface area contributed by atoms with Crippen LogP contribution >= 0.6 is 15.9 Å². The van der Waals surface area contributed by atoms with Crippen LogP contribution in [0.15, 0.2) is 22.7 Å². The molecule has 0 aliphatic rings. The van der Waals surface area contributed by atoms with Crippen molar-refractivity contribution >= 4 is 33.5 Å². The van der Waals surface area contributed by atoms with Gasteiger partial charge in [-0.05, 0) is 28.1 Å². The molecule has 0 aliphatic heterocycles. The molecule has 0 heterocycles. The number of amides is 1. The van der Waals surface area contributed by atoms with Gasteiger partial charge in [-0.1, -0.05) is 0 Å². The lowest BCUT2D eigenvalue weighted by atomic mass is 10.2. The summed E-state index contributed by atoms with van der Waals surface area (Å²) in [6, 6.07) is 3.87. The number of hydrogen-bond acceptors (Lipinski definition) is 5. The number of benzene rings is 1. The summed E-state index contributed by atoms with van der Waals surface area (Å²) in [6.07, 6.45) is -1.71. The molecule has 1 rings (SSSR count). The number of carboxylic acid groups (broad SMARTS) is 1. The number of aliphatic hydroxyl groups is 1. The van der Waals surface area contributed by atoms with E-state index in [-0.39, 0.29) is 28.7 Å². The topological polar surface area (TPSA) is 130 Å². The molecular formula is C11H11BrN2O6. The van der Waals surface area contributed by atoms with E-state index in [1.54, 1.807) is 0 Å². The second-order valence-corrected chi connectivity index (χ2v) is 4.68. The Labute approximate surface area is 121 Å². The third-order valence-electron chi connectivity index (χ3n) is 2.39. The fraction of sp³-hybridized carbons (Fsp3) is 0.273. The molecule has 1 atom stereocenters. The quantitative estimate of drug-likeness (QED) is 0.518. The zero-order valence-corrected chi connectivity index (χ0v) is 11.7. The van der Waals surface area contributed by atoms with E-state index in [9.17, 15) is 19.7 Å². The van der Waals surface area contributed by atoms with Crippen LogP contribution in [0.2, 0.25) is 0 Å². The molecule has 0 aliphatic carbocycles. The van der Waals surface area contributed by atoms with Crippen molar-refractivity contribution in [1.29, 1.82) is 0 Å². The van der Waals surface area contributed by atoms with E-state index in [0.717, 1.165) is 6.07 Å². The van der Waals surface area contributed by atoms with Crippen LogP contribution in [0.5, 0.6) is 0 Å². The van der Waals surface area contributed by atoms with Crippen molar-refractivity contribution in [3.05, 3.63) is 38.3 Å². The van der Waals surface area contributed by atoms with Gasteiger partial charge in [-0.3, -0.25) is 14.9 Å². The Hall–Kier alpha value is -2.00. The number of nitrogens with zero attached hydrogens (tertiary/aromatic N) is 1. The Morgan fingerprint density at radius 2 is 2.10 bits per heavy atom. The second kappa shape index (κ2) is 6.96. The molecule has 0 radical (unpaired) electrons. The lowest BCUT2D eigenvalue weighted by Crippen LogP contribution is -2.30. The van der Waals surface area contributed by atoms with Crippen LogP contribution in [0.4, 0.5) is 5.69 Å². The molecule has 0 saturated carbocycles. The summed E-state index contributed by atoms with van der Waals surface area (Å²) in [5.41, 5.74) is -0.173. The van der Waals surface area contributed by atoms with Crippen LogP contribution in [-0.4, -0.2) is 39.7 Å². The average Bonchev–Trinajstić information content (AvgIpc) is 2.38. The standard InChI is InChI=1S/C11H11BrN2O6/c12-7-2-1-6(5-8(7)14(19)20)10(16)13-4-3-9(15)11(17)18/h1-2,5,9,15H,3-4H2,(H,13,16)(H,17,18)/t9-/m0/s1. The van der Waals surface area contributed by atoms with Crippen LogP contribution in [0.25, 0.3) is 0 Å². The van der Waals surface area contributed by atoms with Gasteiger partial charge < -0.3 is 15.5 Å². The second-order valence-electron chi connectivity index (χ2n) is 3.82. The SMILES string of the molecule is O=C(NCC[C@H](O)C(=O)O)c1ccc(Br)c([N+](=O)[O-])c1. The summed E-state index contributed by atoms with van der Waals surface area (Å²) < 4.78 is 0.250. The molecule has 0 fully saturated rings. The smallest absolute Gasteiger partial charge is 0.332 e. The maximum Gasteiger partial charge on any atom is 0.332 e. The number of nitrogens with one attached hydrogen (secondary N) is 1. The van der Waals surface area contributed by atoms with E-state index in [2.05, 4.69) is 21.2 Å². The molecular weight excluding hydrogens is 336 g/mol. The Morgan fingerprint density at radius 3 is 2.65 bits per heavy atom. The van der Waals surface area contributed by atoms with Crippen LogP contribution in [0.1, 0.15) is 16.8 Å². The van der Waals surface area contributed by atoms with Gasteiger partial charge in [0.25, 0.3) is 11.6 Å². The van der Waals surface area contributed by atoms with E-state index in [4.69, 9.17) is 10.2 Å². The number of rotatable bonds is 6. The summed E-state index contributed by atoms with van der Waals surface area (Å²) in [6.45, 7) is -0.0594. The van der Waals surface area contributed by atoms with Crippen molar-refractivity contribution in [2.75, 3.05) is 6.54 Å². The minimum Gasteiger partial charge on any atom is -0.479 e. The highest BCUT2D eigenvalue weighted by molar-refractivity contribution is 9.10. The lowest BCUT2D eigenvalue weighted by Gasteiger charge is -2.07. The molecule has 3 N–H and O–H groups in total. The molecule has 1 aromatic rings. The van der Waals surface area contributed by atoms with Crippen molar-refractivity contribution in [3.8, 4) is 0 Å². The summed E-state index contributed by atoms with van der Waals surface area (Å²) in [5, 5.41) is 30.6. The van der Waals surface area contributed by atoms with E-state index in [1.165, 1.54) is 12.1 Å². The monoisotopic (exact) mass is 346 g/mol. The molecule has 0 unspecified atom stereocenters. The number of halogens is 1. The number of nitro groups is 1. The summed E-state index contributed by atoms with van der Waals surface area (Å²) >= 11 is 3.00. The molecule has 0 spiro atoms. The first-order chi connectivity index (χ1) is 9.32. The maximum atomic E-state index is 11.7. The molecule has 0 bridgehead atoms. The zero-order chi connectivity index (χ0) is 15.3. The number of carbonyl (C=O) groups excluding carboxylic acids is 1. The Balaban J connectivity index is 2.67. The fourth-order valence-electron chi connectivity index (χ4n) is 1.34. The summed E-state index contributed by atoms with van der Waals surface area (Å²) in [7, 11) is 0. The van der Waals surface area contributed by atoms with Crippen molar-refractivity contribution in [3.63, 3.8) is 0 Å². The van der Waals surface area contributed by atoms with Crippen LogP contribution < -0.4 is 5.32 Å². The van der Waals surface area contributed by atoms with E-state index in [0.29, 0.717) is 0 Å². The summed E-state index contributed by atoms with van der Waals surface area (Å²) in [4.78, 5) is 32.2.